The van der Waals surface area contributed by atoms with Gasteiger partial charge in [-0.25, -0.2) is 9.37 Å². The Labute approximate surface area is 147 Å². The van der Waals surface area contributed by atoms with Crippen LogP contribution in [0.3, 0.4) is 0 Å². The summed E-state index contributed by atoms with van der Waals surface area (Å²) in [6.07, 6.45) is -0.184. The number of nitrogens with zero attached hydrogens (tertiary/aromatic N) is 2. The van der Waals surface area contributed by atoms with Gasteiger partial charge in [-0.15, -0.1) is 11.3 Å². The molecule has 1 amide bonds. The van der Waals surface area contributed by atoms with E-state index in [1.807, 2.05) is 0 Å². The van der Waals surface area contributed by atoms with Gasteiger partial charge in [0.05, 0.1) is 24.9 Å². The van der Waals surface area contributed by atoms with Gasteiger partial charge in [-0.2, -0.15) is 0 Å². The second-order valence-electron chi connectivity index (χ2n) is 4.78. The summed E-state index contributed by atoms with van der Waals surface area (Å²) < 4.78 is 22.4. The average molecular weight is 366 g/mol. The molecule has 132 valence electrons. The minimum atomic E-state index is -0.688. The van der Waals surface area contributed by atoms with Gasteiger partial charge in [-0.1, -0.05) is 0 Å². The molecule has 0 fully saturated rings. The third-order valence-corrected chi connectivity index (χ3v) is 4.06. The van der Waals surface area contributed by atoms with E-state index in [2.05, 4.69) is 14.5 Å². The summed E-state index contributed by atoms with van der Waals surface area (Å²) in [7, 11) is 1.19. The molecule has 1 aromatic heterocycles. The van der Waals surface area contributed by atoms with Gasteiger partial charge in [0, 0.05) is 12.1 Å². The average Bonchev–Trinajstić information content (AvgIpc) is 3.05. The molecular formula is C16H15FN2O5S. The molecule has 2 rings (SSSR count). The van der Waals surface area contributed by atoms with E-state index in [0.29, 0.717) is 29.3 Å². The van der Waals surface area contributed by atoms with Crippen LogP contribution in [0.1, 0.15) is 12.1 Å². The maximum atomic E-state index is 13.2. The van der Waals surface area contributed by atoms with Crippen molar-refractivity contribution < 1.29 is 28.2 Å². The number of hydrogen-bond donors (Lipinski definition) is 0. The summed E-state index contributed by atoms with van der Waals surface area (Å²) >= 11 is 1.18. The number of aromatic nitrogens is 1. The standard InChI is InChI=1S/C16H15FN2O5S/c1-23-15(22)8-14(21)19(12-4-2-11(17)3-5-12)16-13(18-9-25-16)6-7-24-10-20/h2-5,9-10H,6-8H2,1H3. The number of esters is 1. The number of thiazole rings is 1. The van der Waals surface area contributed by atoms with E-state index >= 15 is 0 Å². The first kappa shape index (κ1) is 18.5. The van der Waals surface area contributed by atoms with Gasteiger partial charge in [0.15, 0.2) is 0 Å². The summed E-state index contributed by atoms with van der Waals surface area (Å²) in [4.78, 5) is 39.8. The van der Waals surface area contributed by atoms with E-state index in [1.54, 1.807) is 0 Å². The molecule has 0 radical (unpaired) electrons. The Morgan fingerprint density at radius 1 is 1.32 bits per heavy atom. The monoisotopic (exact) mass is 366 g/mol. The van der Waals surface area contributed by atoms with Gasteiger partial charge in [0.1, 0.15) is 17.2 Å². The number of carbonyl (C=O) groups excluding carboxylic acids is 3. The Morgan fingerprint density at radius 3 is 2.68 bits per heavy atom. The molecule has 0 N–H and O–H groups in total. The van der Waals surface area contributed by atoms with E-state index < -0.39 is 24.1 Å². The van der Waals surface area contributed by atoms with E-state index in [0.717, 1.165) is 0 Å². The fourth-order valence-corrected chi connectivity index (χ4v) is 2.94. The Bertz CT molecular complexity index is 747. The number of methoxy groups -OCH3 is 1. The fraction of sp³-hybridized carbons (Fsp3) is 0.250. The summed E-state index contributed by atoms with van der Waals surface area (Å²) in [5, 5.41) is 0.468. The van der Waals surface area contributed by atoms with Crippen LogP contribution < -0.4 is 4.90 Å². The number of rotatable bonds is 8. The van der Waals surface area contributed by atoms with Crippen molar-refractivity contribution in [2.75, 3.05) is 18.6 Å². The molecule has 7 nitrogen and oxygen atoms in total. The zero-order chi connectivity index (χ0) is 18.2. The summed E-state index contributed by atoms with van der Waals surface area (Å²) in [5.41, 5.74) is 2.44. The maximum absolute atomic E-state index is 13.2. The lowest BCUT2D eigenvalue weighted by atomic mass is 10.2. The molecule has 0 atom stereocenters. The highest BCUT2D eigenvalue weighted by atomic mass is 32.1. The van der Waals surface area contributed by atoms with E-state index in [9.17, 15) is 18.8 Å². The molecule has 0 saturated heterocycles. The summed E-state index contributed by atoms with van der Waals surface area (Å²) in [6.45, 7) is 0.425. The molecule has 0 spiro atoms. The van der Waals surface area contributed by atoms with Crippen molar-refractivity contribution in [1.29, 1.82) is 0 Å². The molecule has 0 unspecified atom stereocenters. The number of ether oxygens (including phenoxy) is 2. The molecule has 0 aliphatic heterocycles. The molecule has 0 saturated carbocycles. The van der Waals surface area contributed by atoms with Crippen molar-refractivity contribution in [2.24, 2.45) is 0 Å². The summed E-state index contributed by atoms with van der Waals surface area (Å²) in [5.74, 6) is -1.68. The van der Waals surface area contributed by atoms with Crippen molar-refractivity contribution in [1.82, 2.24) is 4.98 Å². The van der Waals surface area contributed by atoms with Crippen molar-refractivity contribution in [3.8, 4) is 0 Å². The lowest BCUT2D eigenvalue weighted by molar-refractivity contribution is -0.143. The Balaban J connectivity index is 2.36. The van der Waals surface area contributed by atoms with E-state index in [4.69, 9.17) is 0 Å². The topological polar surface area (TPSA) is 85.8 Å². The molecule has 1 heterocycles. The predicted octanol–water partition coefficient (Wildman–Crippen LogP) is 2.23. The van der Waals surface area contributed by atoms with Gasteiger partial charge >= 0.3 is 5.97 Å². The van der Waals surface area contributed by atoms with Gasteiger partial charge in [0.25, 0.3) is 6.47 Å². The highest BCUT2D eigenvalue weighted by molar-refractivity contribution is 7.14. The first-order chi connectivity index (χ1) is 12.1. The number of amides is 1. The van der Waals surface area contributed by atoms with Gasteiger partial charge in [-0.3, -0.25) is 19.3 Å². The Hall–Kier alpha value is -2.81. The molecule has 9 heteroatoms. The summed E-state index contributed by atoms with van der Waals surface area (Å²) in [6, 6.07) is 5.28. The molecule has 0 bridgehead atoms. The van der Waals surface area contributed by atoms with Crippen LogP contribution in [0.2, 0.25) is 0 Å². The van der Waals surface area contributed by atoms with Crippen molar-refractivity contribution in [2.45, 2.75) is 12.8 Å². The predicted molar refractivity (Wildman–Crippen MR) is 88.0 cm³/mol. The highest BCUT2D eigenvalue weighted by Crippen LogP contribution is 2.33. The van der Waals surface area contributed by atoms with Crippen LogP contribution in [0.4, 0.5) is 15.1 Å². The van der Waals surface area contributed by atoms with Crippen LogP contribution in [0, 0.1) is 5.82 Å². The number of anilines is 2. The number of halogens is 1. The van der Waals surface area contributed by atoms with Crippen LogP contribution in [0.5, 0.6) is 0 Å². The normalized spacial score (nSPS) is 10.2. The quantitative estimate of drug-likeness (QED) is 0.308. The third-order valence-electron chi connectivity index (χ3n) is 3.21. The smallest absolute Gasteiger partial charge is 0.315 e. The second-order valence-corrected chi connectivity index (χ2v) is 5.61. The van der Waals surface area contributed by atoms with Crippen molar-refractivity contribution >= 4 is 40.4 Å². The van der Waals surface area contributed by atoms with E-state index in [-0.39, 0.29) is 6.61 Å². The van der Waals surface area contributed by atoms with Crippen molar-refractivity contribution in [3.05, 3.63) is 41.3 Å². The van der Waals surface area contributed by atoms with Crippen LogP contribution in [0.25, 0.3) is 0 Å². The first-order valence-corrected chi connectivity index (χ1v) is 8.07. The van der Waals surface area contributed by atoms with Gasteiger partial charge < -0.3 is 9.47 Å². The molecular weight excluding hydrogens is 351 g/mol. The van der Waals surface area contributed by atoms with Gasteiger partial charge in [-0.05, 0) is 24.3 Å². The SMILES string of the molecule is COC(=O)CC(=O)N(c1ccc(F)cc1)c1scnc1CCOC=O. The number of hydrogen-bond acceptors (Lipinski definition) is 7. The lowest BCUT2D eigenvalue weighted by Crippen LogP contribution is -2.28. The molecule has 0 aliphatic carbocycles. The lowest BCUT2D eigenvalue weighted by Gasteiger charge is -2.22. The van der Waals surface area contributed by atoms with Gasteiger partial charge in [0.2, 0.25) is 5.91 Å². The van der Waals surface area contributed by atoms with Crippen LogP contribution in [-0.2, 0) is 30.3 Å². The first-order valence-electron chi connectivity index (χ1n) is 7.19. The van der Waals surface area contributed by atoms with Crippen LogP contribution >= 0.6 is 11.3 Å². The zero-order valence-corrected chi connectivity index (χ0v) is 14.1. The Morgan fingerprint density at radius 2 is 2.04 bits per heavy atom. The van der Waals surface area contributed by atoms with E-state index in [1.165, 1.54) is 53.1 Å². The number of carbonyl (C=O) groups is 3. The maximum Gasteiger partial charge on any atom is 0.315 e. The largest absolute Gasteiger partial charge is 0.469 e. The minimum absolute atomic E-state index is 0.0999. The molecule has 0 aliphatic rings. The second kappa shape index (κ2) is 8.88. The minimum Gasteiger partial charge on any atom is -0.469 e. The number of benzene rings is 1. The third kappa shape index (κ3) is 4.83. The molecule has 25 heavy (non-hydrogen) atoms. The highest BCUT2D eigenvalue weighted by Gasteiger charge is 2.25. The zero-order valence-electron chi connectivity index (χ0n) is 13.3. The molecule has 2 aromatic rings. The Kier molecular flexibility index (Phi) is 6.58. The molecule has 1 aromatic carbocycles. The van der Waals surface area contributed by atoms with Crippen LogP contribution in [-0.4, -0.2) is 37.0 Å². The van der Waals surface area contributed by atoms with Crippen molar-refractivity contribution in [3.63, 3.8) is 0 Å². The fourth-order valence-electron chi connectivity index (χ4n) is 2.06. The van der Waals surface area contributed by atoms with Crippen LogP contribution in [0.15, 0.2) is 29.8 Å².